The number of alkyl halides is 3. The summed E-state index contributed by atoms with van der Waals surface area (Å²) in [7, 11) is 0. The molecular formula is C14H14F3N7O3S. The number of amides is 3. The van der Waals surface area contributed by atoms with Crippen molar-refractivity contribution in [1.29, 1.82) is 0 Å². The van der Waals surface area contributed by atoms with Crippen LogP contribution in [0.5, 0.6) is 5.75 Å². The van der Waals surface area contributed by atoms with Crippen LogP contribution >= 0.6 is 11.8 Å². The number of rotatable bonds is 8. The maximum Gasteiger partial charge on any atom is 0.573 e. The second kappa shape index (κ2) is 9.59. The average Bonchev–Trinajstić information content (AvgIpc) is 3.10. The van der Waals surface area contributed by atoms with E-state index in [2.05, 4.69) is 30.3 Å². The maximum absolute atomic E-state index is 12.2. The summed E-state index contributed by atoms with van der Waals surface area (Å²) >= 11 is 1.14. The first-order chi connectivity index (χ1) is 13.2. The van der Waals surface area contributed by atoms with Gasteiger partial charge in [0.2, 0.25) is 11.9 Å². The number of nitrogens with zero attached hydrogens (tertiary/aromatic N) is 3. The summed E-state index contributed by atoms with van der Waals surface area (Å²) in [6.07, 6.45) is -3.58. The number of aromatic amines is 1. The van der Waals surface area contributed by atoms with E-state index < -0.39 is 18.1 Å². The van der Waals surface area contributed by atoms with E-state index in [0.29, 0.717) is 5.56 Å². The van der Waals surface area contributed by atoms with Gasteiger partial charge in [0.1, 0.15) is 12.1 Å². The van der Waals surface area contributed by atoms with Crippen molar-refractivity contribution in [2.75, 3.05) is 16.8 Å². The summed E-state index contributed by atoms with van der Waals surface area (Å²) < 4.78 is 40.5. The van der Waals surface area contributed by atoms with Gasteiger partial charge in [-0.25, -0.2) is 15.3 Å². The molecule has 0 radical (unpaired) electrons. The molecule has 10 nitrogen and oxygen atoms in total. The Morgan fingerprint density at radius 2 is 1.96 bits per heavy atom. The van der Waals surface area contributed by atoms with Gasteiger partial charge in [-0.1, -0.05) is 0 Å². The number of hydrazone groups is 1. The number of thioether (sulfide) groups is 1. The summed E-state index contributed by atoms with van der Waals surface area (Å²) in [5.41, 5.74) is 7.72. The average molecular weight is 417 g/mol. The number of halogens is 3. The topological polar surface area (TPSA) is 147 Å². The smallest absolute Gasteiger partial charge is 0.406 e. The predicted molar refractivity (Wildman–Crippen MR) is 94.7 cm³/mol. The SMILES string of the molecule is NC(=O)N/N=C(/CSCC(=O)Nc1ncn[nH]1)c1ccc(OC(F)(F)F)cc1. The molecule has 0 aliphatic heterocycles. The fraction of sp³-hybridized carbons (Fsp3) is 0.214. The highest BCUT2D eigenvalue weighted by atomic mass is 32.2. The van der Waals surface area contributed by atoms with Gasteiger partial charge in [0.05, 0.1) is 11.5 Å². The molecule has 150 valence electrons. The number of nitrogens with two attached hydrogens (primary N) is 1. The van der Waals surface area contributed by atoms with Gasteiger partial charge in [-0.15, -0.1) is 24.9 Å². The van der Waals surface area contributed by atoms with E-state index in [1.165, 1.54) is 18.5 Å². The molecule has 0 aliphatic rings. The fourth-order valence-corrected chi connectivity index (χ4v) is 2.61. The van der Waals surface area contributed by atoms with Crippen LogP contribution in [-0.2, 0) is 4.79 Å². The number of primary amides is 1. The van der Waals surface area contributed by atoms with Gasteiger partial charge in [-0.3, -0.25) is 10.1 Å². The van der Waals surface area contributed by atoms with Gasteiger partial charge in [0, 0.05) is 5.75 Å². The third-order valence-corrected chi connectivity index (χ3v) is 3.81. The molecule has 0 atom stereocenters. The van der Waals surface area contributed by atoms with Crippen LogP contribution < -0.4 is 21.2 Å². The maximum atomic E-state index is 12.2. The van der Waals surface area contributed by atoms with Crippen molar-refractivity contribution >= 4 is 35.4 Å². The molecule has 5 N–H and O–H groups in total. The van der Waals surface area contributed by atoms with Crippen molar-refractivity contribution in [3.05, 3.63) is 36.2 Å². The lowest BCUT2D eigenvalue weighted by Gasteiger charge is -2.10. The molecule has 0 aliphatic carbocycles. The minimum atomic E-state index is -4.81. The quantitative estimate of drug-likeness (QED) is 0.377. The molecular weight excluding hydrogens is 403 g/mol. The molecule has 0 bridgehead atoms. The van der Waals surface area contributed by atoms with E-state index in [1.807, 2.05) is 5.43 Å². The lowest BCUT2D eigenvalue weighted by atomic mass is 10.1. The number of carbonyl (C=O) groups is 2. The summed E-state index contributed by atoms with van der Waals surface area (Å²) in [4.78, 5) is 26.4. The monoisotopic (exact) mass is 417 g/mol. The van der Waals surface area contributed by atoms with E-state index in [9.17, 15) is 22.8 Å². The van der Waals surface area contributed by atoms with Crippen molar-refractivity contribution in [3.8, 4) is 5.75 Å². The molecule has 14 heteroatoms. The number of anilines is 1. The number of urea groups is 1. The largest absolute Gasteiger partial charge is 0.573 e. The van der Waals surface area contributed by atoms with E-state index in [0.717, 1.165) is 23.9 Å². The third kappa shape index (κ3) is 7.53. The Morgan fingerprint density at radius 3 is 2.54 bits per heavy atom. The number of aromatic nitrogens is 3. The number of hydrogen-bond acceptors (Lipinski definition) is 7. The lowest BCUT2D eigenvalue weighted by molar-refractivity contribution is -0.274. The summed E-state index contributed by atoms with van der Waals surface area (Å²) in [6.45, 7) is 0. The summed E-state index contributed by atoms with van der Waals surface area (Å²) in [6, 6.07) is 3.95. The highest BCUT2D eigenvalue weighted by Gasteiger charge is 2.31. The van der Waals surface area contributed by atoms with E-state index in [-0.39, 0.29) is 29.1 Å². The van der Waals surface area contributed by atoms with Gasteiger partial charge >= 0.3 is 12.4 Å². The van der Waals surface area contributed by atoms with Crippen molar-refractivity contribution in [2.45, 2.75) is 6.36 Å². The zero-order valence-electron chi connectivity index (χ0n) is 14.0. The van der Waals surface area contributed by atoms with Crippen molar-refractivity contribution in [1.82, 2.24) is 20.6 Å². The molecule has 28 heavy (non-hydrogen) atoms. The zero-order valence-corrected chi connectivity index (χ0v) is 14.8. The van der Waals surface area contributed by atoms with Crippen LogP contribution in [0.4, 0.5) is 23.9 Å². The van der Waals surface area contributed by atoms with E-state index in [4.69, 9.17) is 5.73 Å². The highest BCUT2D eigenvalue weighted by Crippen LogP contribution is 2.23. The first-order valence-electron chi connectivity index (χ1n) is 7.44. The zero-order chi connectivity index (χ0) is 20.6. The number of nitrogens with one attached hydrogen (secondary N) is 3. The Balaban J connectivity index is 1.98. The lowest BCUT2D eigenvalue weighted by Crippen LogP contribution is -2.26. The minimum Gasteiger partial charge on any atom is -0.406 e. The van der Waals surface area contributed by atoms with Gasteiger partial charge in [0.25, 0.3) is 0 Å². The second-order valence-corrected chi connectivity index (χ2v) is 5.97. The highest BCUT2D eigenvalue weighted by molar-refractivity contribution is 8.00. The predicted octanol–water partition coefficient (Wildman–Crippen LogP) is 1.45. The fourth-order valence-electron chi connectivity index (χ4n) is 1.83. The van der Waals surface area contributed by atoms with Gasteiger partial charge in [0.15, 0.2) is 0 Å². The summed E-state index contributed by atoms with van der Waals surface area (Å²) in [5.74, 6) is -0.402. The number of benzene rings is 1. The molecule has 0 spiro atoms. The van der Waals surface area contributed by atoms with Gasteiger partial charge in [-0.05, 0) is 29.8 Å². The molecule has 2 rings (SSSR count). The molecule has 0 saturated carbocycles. The Kier molecular flexibility index (Phi) is 7.20. The normalized spacial score (nSPS) is 11.8. The molecule has 2 aromatic rings. The molecule has 1 aromatic heterocycles. The second-order valence-electron chi connectivity index (χ2n) is 4.98. The number of carbonyl (C=O) groups excluding carboxylic acids is 2. The van der Waals surface area contributed by atoms with Crippen molar-refractivity contribution < 1.29 is 27.5 Å². The van der Waals surface area contributed by atoms with E-state index in [1.54, 1.807) is 0 Å². The molecule has 0 saturated heterocycles. The molecule has 3 amide bonds. The van der Waals surface area contributed by atoms with Crippen LogP contribution in [0, 0.1) is 0 Å². The molecule has 0 fully saturated rings. The standard InChI is InChI=1S/C14H14F3N7O3S/c15-14(16,17)27-9-3-1-8(2-4-9)10(22-23-12(18)26)5-28-6-11(25)21-13-19-7-20-24-13/h1-4,7H,5-6H2,(H3,18,23,26)(H2,19,20,21,24,25)/b22-10-. The first kappa shape index (κ1) is 21.0. The molecule has 0 unspecified atom stereocenters. The Labute approximate surface area is 160 Å². The molecule has 1 heterocycles. The van der Waals surface area contributed by atoms with Crippen LogP contribution in [0.2, 0.25) is 0 Å². The van der Waals surface area contributed by atoms with Gasteiger partial charge < -0.3 is 10.5 Å². The Bertz CT molecular complexity index is 826. The van der Waals surface area contributed by atoms with Gasteiger partial charge in [-0.2, -0.15) is 15.2 Å². The van der Waals surface area contributed by atoms with Crippen LogP contribution in [0.3, 0.4) is 0 Å². The Morgan fingerprint density at radius 1 is 1.25 bits per heavy atom. The van der Waals surface area contributed by atoms with E-state index >= 15 is 0 Å². The number of hydrogen-bond donors (Lipinski definition) is 4. The van der Waals surface area contributed by atoms with Crippen molar-refractivity contribution in [3.63, 3.8) is 0 Å². The minimum absolute atomic E-state index is 0.0194. The number of ether oxygens (including phenoxy) is 1. The Hall–Kier alpha value is -3.29. The molecule has 1 aromatic carbocycles. The number of H-pyrrole nitrogens is 1. The summed E-state index contributed by atoms with van der Waals surface area (Å²) in [5, 5.41) is 12.3. The van der Waals surface area contributed by atoms with Crippen molar-refractivity contribution in [2.24, 2.45) is 10.8 Å². The third-order valence-electron chi connectivity index (χ3n) is 2.87. The van der Waals surface area contributed by atoms with Crippen LogP contribution in [-0.4, -0.2) is 50.7 Å². The first-order valence-corrected chi connectivity index (χ1v) is 8.59. The van der Waals surface area contributed by atoms with Crippen LogP contribution in [0.25, 0.3) is 0 Å². The van der Waals surface area contributed by atoms with Crippen LogP contribution in [0.15, 0.2) is 35.7 Å². The van der Waals surface area contributed by atoms with Crippen LogP contribution in [0.1, 0.15) is 5.56 Å².